The second-order valence-electron chi connectivity index (χ2n) is 4.58. The molecule has 0 aliphatic heterocycles. The van der Waals surface area contributed by atoms with Gasteiger partial charge in [-0.3, -0.25) is 0 Å². The molecule has 0 unspecified atom stereocenters. The summed E-state index contributed by atoms with van der Waals surface area (Å²) in [5, 5.41) is 3.59. The summed E-state index contributed by atoms with van der Waals surface area (Å²) in [5.41, 5.74) is 8.24. The molecule has 0 bridgehead atoms. The van der Waals surface area contributed by atoms with E-state index in [2.05, 4.69) is 5.32 Å². The number of carbonyl (C=O) groups is 1. The smallest absolute Gasteiger partial charge is 0.340 e. The summed E-state index contributed by atoms with van der Waals surface area (Å²) in [4.78, 5) is 11.8. The number of carbonyl (C=O) groups excluding carboxylic acids is 1. The van der Waals surface area contributed by atoms with E-state index in [1.165, 1.54) is 12.7 Å². The van der Waals surface area contributed by atoms with Crippen LogP contribution in [0.4, 0.5) is 11.4 Å². The Labute approximate surface area is 128 Å². The first kappa shape index (κ1) is 15.2. The standard InChI is InChI=1S/C16H17ClN2O2/c1-21-16(20)13-9-12(18)10-14(17)15(13)19-8-7-11-5-3-2-4-6-11/h2-6,9-10,19H,7-8,18H2,1H3. The lowest BCUT2D eigenvalue weighted by Gasteiger charge is -2.13. The molecule has 0 heterocycles. The van der Waals surface area contributed by atoms with Crippen LogP contribution in [-0.2, 0) is 11.2 Å². The molecule has 0 spiro atoms. The molecule has 0 aliphatic carbocycles. The minimum atomic E-state index is -0.466. The highest BCUT2D eigenvalue weighted by atomic mass is 35.5. The number of esters is 1. The van der Waals surface area contributed by atoms with Crippen LogP contribution in [0.25, 0.3) is 0 Å². The van der Waals surface area contributed by atoms with Gasteiger partial charge in [0.1, 0.15) is 0 Å². The largest absolute Gasteiger partial charge is 0.465 e. The van der Waals surface area contributed by atoms with E-state index < -0.39 is 5.97 Å². The lowest BCUT2D eigenvalue weighted by molar-refractivity contribution is 0.0602. The molecule has 0 aliphatic rings. The van der Waals surface area contributed by atoms with Crippen LogP contribution in [0.15, 0.2) is 42.5 Å². The number of nitrogens with one attached hydrogen (secondary N) is 1. The summed E-state index contributed by atoms with van der Waals surface area (Å²) < 4.78 is 4.76. The molecule has 21 heavy (non-hydrogen) atoms. The fourth-order valence-electron chi connectivity index (χ4n) is 2.05. The highest BCUT2D eigenvalue weighted by Crippen LogP contribution is 2.29. The summed E-state index contributed by atoms with van der Waals surface area (Å²) in [6, 6.07) is 13.2. The molecule has 3 N–H and O–H groups in total. The maximum atomic E-state index is 11.8. The van der Waals surface area contributed by atoms with E-state index in [0.29, 0.717) is 28.5 Å². The third kappa shape index (κ3) is 3.89. The van der Waals surface area contributed by atoms with Crippen molar-refractivity contribution in [2.24, 2.45) is 0 Å². The van der Waals surface area contributed by atoms with Crippen LogP contribution in [0.5, 0.6) is 0 Å². The highest BCUT2D eigenvalue weighted by Gasteiger charge is 2.15. The van der Waals surface area contributed by atoms with E-state index in [1.54, 1.807) is 12.1 Å². The van der Waals surface area contributed by atoms with Crippen LogP contribution < -0.4 is 11.1 Å². The van der Waals surface area contributed by atoms with Gasteiger partial charge in [0.2, 0.25) is 0 Å². The Morgan fingerprint density at radius 2 is 2.00 bits per heavy atom. The Balaban J connectivity index is 2.13. The first-order valence-electron chi connectivity index (χ1n) is 6.57. The van der Waals surface area contributed by atoms with Gasteiger partial charge in [-0.25, -0.2) is 4.79 Å². The van der Waals surface area contributed by atoms with Gasteiger partial charge < -0.3 is 15.8 Å². The molecule has 2 rings (SSSR count). The monoisotopic (exact) mass is 304 g/mol. The van der Waals surface area contributed by atoms with Crippen LogP contribution in [0.2, 0.25) is 5.02 Å². The van der Waals surface area contributed by atoms with Crippen molar-refractivity contribution in [3.8, 4) is 0 Å². The van der Waals surface area contributed by atoms with Gasteiger partial charge in [0.15, 0.2) is 0 Å². The molecule has 5 heteroatoms. The van der Waals surface area contributed by atoms with Gasteiger partial charge >= 0.3 is 5.97 Å². The molecule has 0 amide bonds. The molecule has 110 valence electrons. The van der Waals surface area contributed by atoms with Crippen molar-refractivity contribution in [2.45, 2.75) is 6.42 Å². The second-order valence-corrected chi connectivity index (χ2v) is 4.99. The molecule has 4 nitrogen and oxygen atoms in total. The Hall–Kier alpha value is -2.20. The van der Waals surface area contributed by atoms with Gasteiger partial charge in [-0.05, 0) is 24.1 Å². The van der Waals surface area contributed by atoms with Gasteiger partial charge in [0, 0.05) is 12.2 Å². The summed E-state index contributed by atoms with van der Waals surface area (Å²) in [6.45, 7) is 0.650. The number of rotatable bonds is 5. The van der Waals surface area contributed by atoms with E-state index in [9.17, 15) is 4.79 Å². The molecule has 0 fully saturated rings. The molecule has 0 saturated heterocycles. The molecule has 0 radical (unpaired) electrons. The zero-order valence-corrected chi connectivity index (χ0v) is 12.5. The van der Waals surface area contributed by atoms with Gasteiger partial charge in [-0.2, -0.15) is 0 Å². The summed E-state index contributed by atoms with van der Waals surface area (Å²) >= 11 is 6.17. The van der Waals surface area contributed by atoms with Gasteiger partial charge in [-0.15, -0.1) is 0 Å². The number of hydrogen-bond acceptors (Lipinski definition) is 4. The second kappa shape index (κ2) is 6.99. The first-order valence-corrected chi connectivity index (χ1v) is 6.94. The number of ether oxygens (including phenoxy) is 1. The van der Waals surface area contributed by atoms with Gasteiger partial charge in [-0.1, -0.05) is 41.9 Å². The topological polar surface area (TPSA) is 64.3 Å². The van der Waals surface area contributed by atoms with E-state index in [1.807, 2.05) is 30.3 Å². The Morgan fingerprint density at radius 1 is 1.29 bits per heavy atom. The van der Waals surface area contributed by atoms with E-state index >= 15 is 0 Å². The minimum absolute atomic E-state index is 0.343. The van der Waals surface area contributed by atoms with Crippen LogP contribution in [0.3, 0.4) is 0 Å². The van der Waals surface area contributed by atoms with Crippen molar-refractivity contribution in [3.05, 3.63) is 58.6 Å². The lowest BCUT2D eigenvalue weighted by atomic mass is 10.1. The normalized spacial score (nSPS) is 10.2. The van der Waals surface area contributed by atoms with E-state index in [0.717, 1.165) is 6.42 Å². The number of nitrogens with two attached hydrogens (primary N) is 1. The Kier molecular flexibility index (Phi) is 5.06. The van der Waals surface area contributed by atoms with Crippen LogP contribution in [0, 0.1) is 0 Å². The molecule has 0 saturated carbocycles. The summed E-state index contributed by atoms with van der Waals surface area (Å²) in [6.07, 6.45) is 0.822. The number of anilines is 2. The van der Waals surface area contributed by atoms with Crippen molar-refractivity contribution >= 4 is 28.9 Å². The van der Waals surface area contributed by atoms with Crippen LogP contribution in [-0.4, -0.2) is 19.6 Å². The van der Waals surface area contributed by atoms with Crippen LogP contribution >= 0.6 is 11.6 Å². The molecule has 0 aromatic heterocycles. The van der Waals surface area contributed by atoms with Gasteiger partial charge in [0.25, 0.3) is 0 Å². The molecule has 2 aromatic rings. The quantitative estimate of drug-likeness (QED) is 0.656. The van der Waals surface area contributed by atoms with Crippen molar-refractivity contribution in [1.82, 2.24) is 0 Å². The zero-order chi connectivity index (χ0) is 15.2. The Morgan fingerprint density at radius 3 is 2.67 bits per heavy atom. The number of halogens is 1. The molecular formula is C16H17ClN2O2. The zero-order valence-electron chi connectivity index (χ0n) is 11.7. The number of hydrogen-bond donors (Lipinski definition) is 2. The van der Waals surface area contributed by atoms with E-state index in [4.69, 9.17) is 22.1 Å². The van der Waals surface area contributed by atoms with Gasteiger partial charge in [0.05, 0.1) is 23.4 Å². The fraction of sp³-hybridized carbons (Fsp3) is 0.188. The molecule has 2 aromatic carbocycles. The third-order valence-electron chi connectivity index (χ3n) is 3.08. The highest BCUT2D eigenvalue weighted by molar-refractivity contribution is 6.34. The maximum Gasteiger partial charge on any atom is 0.340 e. The van der Waals surface area contributed by atoms with Crippen molar-refractivity contribution in [2.75, 3.05) is 24.7 Å². The summed E-state index contributed by atoms with van der Waals surface area (Å²) in [7, 11) is 1.33. The lowest BCUT2D eigenvalue weighted by Crippen LogP contribution is -2.12. The molecule has 0 atom stereocenters. The number of nitrogen functional groups attached to an aromatic ring is 1. The minimum Gasteiger partial charge on any atom is -0.465 e. The number of benzene rings is 2. The predicted molar refractivity (Wildman–Crippen MR) is 85.8 cm³/mol. The fourth-order valence-corrected chi connectivity index (χ4v) is 2.35. The maximum absolute atomic E-state index is 11.8. The van der Waals surface area contributed by atoms with Crippen molar-refractivity contribution < 1.29 is 9.53 Å². The third-order valence-corrected chi connectivity index (χ3v) is 3.37. The Bertz CT molecular complexity index is 630. The predicted octanol–water partition coefficient (Wildman–Crippen LogP) is 3.36. The SMILES string of the molecule is COC(=O)c1cc(N)cc(Cl)c1NCCc1ccccc1. The van der Waals surface area contributed by atoms with Crippen molar-refractivity contribution in [3.63, 3.8) is 0 Å². The molecular weight excluding hydrogens is 288 g/mol. The summed E-state index contributed by atoms with van der Waals surface area (Å²) in [5.74, 6) is -0.466. The first-order chi connectivity index (χ1) is 10.1. The average Bonchev–Trinajstić information content (AvgIpc) is 2.49. The average molecular weight is 305 g/mol. The number of methoxy groups -OCH3 is 1. The van der Waals surface area contributed by atoms with Crippen LogP contribution in [0.1, 0.15) is 15.9 Å². The van der Waals surface area contributed by atoms with E-state index in [-0.39, 0.29) is 0 Å². The van der Waals surface area contributed by atoms with Crippen molar-refractivity contribution in [1.29, 1.82) is 0 Å².